The fourth-order valence-corrected chi connectivity index (χ4v) is 1.71. The number of nitrogens with one attached hydrogen (secondary N) is 1. The molecule has 1 aliphatic rings. The molecule has 0 radical (unpaired) electrons. The van der Waals surface area contributed by atoms with E-state index in [4.69, 9.17) is 15.7 Å². The molecule has 5 heteroatoms. The van der Waals surface area contributed by atoms with E-state index in [-0.39, 0.29) is 5.41 Å². The number of nitrogens with zero attached hydrogens (tertiary/aromatic N) is 1. The highest BCUT2D eigenvalue weighted by atomic mass is 16.5. The van der Waals surface area contributed by atoms with Crippen LogP contribution in [-0.2, 0) is 4.74 Å². The minimum atomic E-state index is -0.256. The summed E-state index contributed by atoms with van der Waals surface area (Å²) in [5.41, 5.74) is 5.35. The zero-order valence-electron chi connectivity index (χ0n) is 10.2. The summed E-state index contributed by atoms with van der Waals surface area (Å²) < 4.78 is 5.30. The highest BCUT2D eigenvalue weighted by Gasteiger charge is 2.23. The molecule has 0 aromatic rings. The van der Waals surface area contributed by atoms with E-state index in [9.17, 15) is 0 Å². The van der Waals surface area contributed by atoms with Gasteiger partial charge in [-0.3, -0.25) is 0 Å². The molecule has 16 heavy (non-hydrogen) atoms. The second-order valence-electron chi connectivity index (χ2n) is 5.05. The van der Waals surface area contributed by atoms with Gasteiger partial charge in [0.05, 0.1) is 6.61 Å². The number of oxime groups is 1. The van der Waals surface area contributed by atoms with E-state index in [1.54, 1.807) is 0 Å². The van der Waals surface area contributed by atoms with Crippen LogP contribution in [0.4, 0.5) is 0 Å². The largest absolute Gasteiger partial charge is 0.409 e. The number of nitrogens with two attached hydrogens (primary N) is 1. The van der Waals surface area contributed by atoms with Crippen molar-refractivity contribution in [1.29, 1.82) is 0 Å². The van der Waals surface area contributed by atoms with Crippen molar-refractivity contribution < 1.29 is 9.94 Å². The molecule has 1 fully saturated rings. The molecule has 1 saturated heterocycles. The standard InChI is InChI=1S/C11H23N3O2/c1-11(2,10(12)14-15)4-5-13-7-9-3-6-16-8-9/h9,13,15H,3-8H2,1-2H3,(H2,12,14). The molecule has 0 bridgehead atoms. The lowest BCUT2D eigenvalue weighted by atomic mass is 9.88. The maximum absolute atomic E-state index is 8.63. The van der Waals surface area contributed by atoms with Crippen molar-refractivity contribution in [3.05, 3.63) is 0 Å². The number of hydrogen-bond donors (Lipinski definition) is 3. The van der Waals surface area contributed by atoms with Gasteiger partial charge in [0.1, 0.15) is 5.84 Å². The van der Waals surface area contributed by atoms with Crippen LogP contribution >= 0.6 is 0 Å². The number of ether oxygens (including phenoxy) is 1. The molecule has 1 heterocycles. The first-order valence-electron chi connectivity index (χ1n) is 5.83. The molecule has 0 aromatic heterocycles. The molecule has 1 unspecified atom stereocenters. The summed E-state index contributed by atoms with van der Waals surface area (Å²) in [4.78, 5) is 0. The lowest BCUT2D eigenvalue weighted by Crippen LogP contribution is -2.35. The Labute approximate surface area is 97.0 Å². The summed E-state index contributed by atoms with van der Waals surface area (Å²) in [5, 5.41) is 15.1. The van der Waals surface area contributed by atoms with Gasteiger partial charge in [-0.2, -0.15) is 0 Å². The van der Waals surface area contributed by atoms with Gasteiger partial charge in [0.2, 0.25) is 0 Å². The van der Waals surface area contributed by atoms with Gasteiger partial charge in [-0.25, -0.2) is 0 Å². The van der Waals surface area contributed by atoms with Gasteiger partial charge < -0.3 is 21.0 Å². The summed E-state index contributed by atoms with van der Waals surface area (Å²) >= 11 is 0. The zero-order valence-corrected chi connectivity index (χ0v) is 10.2. The Morgan fingerprint density at radius 1 is 1.62 bits per heavy atom. The zero-order chi connectivity index (χ0) is 12.0. The van der Waals surface area contributed by atoms with Gasteiger partial charge in [0.25, 0.3) is 0 Å². The average molecular weight is 229 g/mol. The summed E-state index contributed by atoms with van der Waals surface area (Å²) in [5.74, 6) is 0.936. The minimum Gasteiger partial charge on any atom is -0.409 e. The van der Waals surface area contributed by atoms with Gasteiger partial charge in [-0.1, -0.05) is 19.0 Å². The molecule has 1 rings (SSSR count). The predicted octanol–water partition coefficient (Wildman–Crippen LogP) is 0.775. The molecule has 0 aliphatic carbocycles. The normalized spacial score (nSPS) is 22.6. The number of rotatable bonds is 6. The summed E-state index contributed by atoms with van der Waals surface area (Å²) in [7, 11) is 0. The van der Waals surface area contributed by atoms with Gasteiger partial charge in [0, 0.05) is 18.6 Å². The second-order valence-corrected chi connectivity index (χ2v) is 5.05. The molecule has 0 saturated carbocycles. The summed E-state index contributed by atoms with van der Waals surface area (Å²) in [6, 6.07) is 0. The van der Waals surface area contributed by atoms with E-state index in [1.165, 1.54) is 0 Å². The van der Waals surface area contributed by atoms with E-state index < -0.39 is 0 Å². The molecular weight excluding hydrogens is 206 g/mol. The van der Waals surface area contributed by atoms with Crippen LogP contribution in [-0.4, -0.2) is 37.3 Å². The maximum Gasteiger partial charge on any atom is 0.144 e. The Morgan fingerprint density at radius 2 is 2.38 bits per heavy atom. The molecule has 5 nitrogen and oxygen atoms in total. The van der Waals surface area contributed by atoms with Crippen LogP contribution in [0.3, 0.4) is 0 Å². The van der Waals surface area contributed by atoms with E-state index in [0.717, 1.165) is 39.1 Å². The third-order valence-electron chi connectivity index (χ3n) is 3.18. The van der Waals surface area contributed by atoms with Crippen molar-refractivity contribution in [2.45, 2.75) is 26.7 Å². The van der Waals surface area contributed by atoms with Crippen LogP contribution in [0.2, 0.25) is 0 Å². The van der Waals surface area contributed by atoms with Crippen molar-refractivity contribution in [2.75, 3.05) is 26.3 Å². The van der Waals surface area contributed by atoms with E-state index >= 15 is 0 Å². The number of hydrogen-bond acceptors (Lipinski definition) is 4. The highest BCUT2D eigenvalue weighted by molar-refractivity contribution is 5.85. The van der Waals surface area contributed by atoms with Crippen LogP contribution in [0, 0.1) is 11.3 Å². The van der Waals surface area contributed by atoms with Crippen molar-refractivity contribution in [3.63, 3.8) is 0 Å². The Balaban J connectivity index is 2.14. The van der Waals surface area contributed by atoms with Crippen LogP contribution in [0.5, 0.6) is 0 Å². The van der Waals surface area contributed by atoms with Crippen molar-refractivity contribution in [2.24, 2.45) is 22.2 Å². The summed E-state index contributed by atoms with van der Waals surface area (Å²) in [6.45, 7) is 7.58. The monoisotopic (exact) mass is 229 g/mol. The average Bonchev–Trinajstić information content (AvgIpc) is 2.76. The second kappa shape index (κ2) is 6.06. The Morgan fingerprint density at radius 3 is 2.94 bits per heavy atom. The fourth-order valence-electron chi connectivity index (χ4n) is 1.71. The molecule has 1 aliphatic heterocycles. The first-order valence-corrected chi connectivity index (χ1v) is 5.83. The molecule has 0 spiro atoms. The van der Waals surface area contributed by atoms with E-state index in [2.05, 4.69) is 10.5 Å². The Bertz CT molecular complexity index is 235. The predicted molar refractivity (Wildman–Crippen MR) is 63.6 cm³/mol. The smallest absolute Gasteiger partial charge is 0.144 e. The SMILES string of the molecule is CC(C)(CCNCC1CCOC1)C(N)=NO. The third kappa shape index (κ3) is 3.98. The molecule has 4 N–H and O–H groups in total. The minimum absolute atomic E-state index is 0.256. The molecule has 1 atom stereocenters. The van der Waals surface area contributed by atoms with Crippen molar-refractivity contribution >= 4 is 5.84 Å². The lowest BCUT2D eigenvalue weighted by Gasteiger charge is -2.23. The third-order valence-corrected chi connectivity index (χ3v) is 3.18. The molecule has 94 valence electrons. The van der Waals surface area contributed by atoms with Crippen LogP contribution in [0.15, 0.2) is 5.16 Å². The van der Waals surface area contributed by atoms with Gasteiger partial charge in [-0.15, -0.1) is 0 Å². The number of amidine groups is 1. The quantitative estimate of drug-likeness (QED) is 0.207. The highest BCUT2D eigenvalue weighted by Crippen LogP contribution is 2.19. The van der Waals surface area contributed by atoms with Gasteiger partial charge in [0.15, 0.2) is 0 Å². The van der Waals surface area contributed by atoms with E-state index in [0.29, 0.717) is 11.8 Å². The first-order chi connectivity index (χ1) is 7.56. The maximum atomic E-state index is 8.63. The lowest BCUT2D eigenvalue weighted by molar-refractivity contribution is 0.185. The molecule has 0 amide bonds. The van der Waals surface area contributed by atoms with Crippen molar-refractivity contribution in [3.8, 4) is 0 Å². The van der Waals surface area contributed by atoms with Crippen LogP contribution in [0.25, 0.3) is 0 Å². The van der Waals surface area contributed by atoms with Crippen LogP contribution < -0.4 is 11.1 Å². The van der Waals surface area contributed by atoms with Crippen molar-refractivity contribution in [1.82, 2.24) is 5.32 Å². The fraction of sp³-hybridized carbons (Fsp3) is 0.909. The molecular formula is C11H23N3O2. The summed E-state index contributed by atoms with van der Waals surface area (Å²) in [6.07, 6.45) is 2.01. The van der Waals surface area contributed by atoms with Crippen LogP contribution in [0.1, 0.15) is 26.7 Å². The first kappa shape index (κ1) is 13.3. The van der Waals surface area contributed by atoms with E-state index in [1.807, 2.05) is 13.8 Å². The Kier molecular flexibility index (Phi) is 5.02. The molecule has 0 aromatic carbocycles. The van der Waals surface area contributed by atoms with Gasteiger partial charge in [-0.05, 0) is 25.3 Å². The topological polar surface area (TPSA) is 79.9 Å². The Hall–Kier alpha value is -0.810. The van der Waals surface area contributed by atoms with Gasteiger partial charge >= 0.3 is 0 Å².